The number of benzene rings is 1. The highest BCUT2D eigenvalue weighted by Gasteiger charge is 2.14. The van der Waals surface area contributed by atoms with Crippen molar-refractivity contribution in [3.05, 3.63) is 29.3 Å². The van der Waals surface area contributed by atoms with E-state index in [1.54, 1.807) is 0 Å². The molecule has 0 spiro atoms. The molecule has 0 atom stereocenters. The molecule has 1 aromatic carbocycles. The summed E-state index contributed by atoms with van der Waals surface area (Å²) in [6, 6.07) is 6.17. The second kappa shape index (κ2) is 3.82. The van der Waals surface area contributed by atoms with Crippen molar-refractivity contribution in [1.82, 2.24) is 0 Å². The minimum atomic E-state index is 0.118. The molecule has 1 amide bonds. The van der Waals surface area contributed by atoms with E-state index < -0.39 is 0 Å². The molecule has 14 heavy (non-hydrogen) atoms. The van der Waals surface area contributed by atoms with Crippen LogP contribution in [0.5, 0.6) is 0 Å². The number of carbonyl (C=O) groups excluding carboxylic acids is 1. The predicted molar refractivity (Wildman–Crippen MR) is 59.6 cm³/mol. The first-order valence-corrected chi connectivity index (χ1v) is 4.76. The molecular weight excluding hydrogens is 174 g/mol. The number of rotatable bonds is 2. The summed E-state index contributed by atoms with van der Waals surface area (Å²) in [6.45, 7) is 8.45. The van der Waals surface area contributed by atoms with Gasteiger partial charge in [-0.05, 0) is 29.5 Å². The lowest BCUT2D eigenvalue weighted by atomic mass is 9.86. The van der Waals surface area contributed by atoms with Gasteiger partial charge in [0.25, 0.3) is 0 Å². The third-order valence-electron chi connectivity index (χ3n) is 2.32. The van der Waals surface area contributed by atoms with E-state index in [1.165, 1.54) is 5.56 Å². The molecule has 0 saturated heterocycles. The fraction of sp³-hybridized carbons (Fsp3) is 0.417. The maximum atomic E-state index is 10.4. The monoisotopic (exact) mass is 191 g/mol. The summed E-state index contributed by atoms with van der Waals surface area (Å²) in [5.74, 6) is 0. The van der Waals surface area contributed by atoms with E-state index in [1.807, 2.05) is 19.1 Å². The Labute approximate surface area is 85.3 Å². The van der Waals surface area contributed by atoms with Gasteiger partial charge in [-0.25, -0.2) is 0 Å². The molecule has 76 valence electrons. The molecule has 0 unspecified atom stereocenters. The third-order valence-corrected chi connectivity index (χ3v) is 2.32. The number of hydrogen-bond acceptors (Lipinski definition) is 1. The van der Waals surface area contributed by atoms with E-state index in [4.69, 9.17) is 0 Å². The lowest BCUT2D eigenvalue weighted by molar-refractivity contribution is -0.105. The lowest BCUT2D eigenvalue weighted by Gasteiger charge is -2.20. The Morgan fingerprint density at radius 3 is 2.43 bits per heavy atom. The SMILES string of the molecule is Cc1ccc(C(C)(C)C)cc1NC=O. The van der Waals surface area contributed by atoms with Crippen molar-refractivity contribution >= 4 is 12.1 Å². The maximum absolute atomic E-state index is 10.4. The summed E-state index contributed by atoms with van der Waals surface area (Å²) in [5, 5.41) is 2.71. The van der Waals surface area contributed by atoms with Crippen LogP contribution in [0, 0.1) is 6.92 Å². The van der Waals surface area contributed by atoms with Crippen LogP contribution in [0.4, 0.5) is 5.69 Å². The zero-order valence-electron chi connectivity index (χ0n) is 9.22. The molecule has 0 saturated carbocycles. The number of amides is 1. The zero-order valence-corrected chi connectivity index (χ0v) is 9.22. The Kier molecular flexibility index (Phi) is 2.94. The highest BCUT2D eigenvalue weighted by molar-refractivity contribution is 5.73. The molecule has 0 aromatic heterocycles. The molecular formula is C12H17NO. The second-order valence-corrected chi connectivity index (χ2v) is 4.54. The van der Waals surface area contributed by atoms with E-state index in [-0.39, 0.29) is 5.41 Å². The van der Waals surface area contributed by atoms with Crippen molar-refractivity contribution in [2.45, 2.75) is 33.1 Å². The van der Waals surface area contributed by atoms with Crippen LogP contribution >= 0.6 is 0 Å². The largest absolute Gasteiger partial charge is 0.328 e. The first kappa shape index (κ1) is 10.8. The van der Waals surface area contributed by atoms with Crippen molar-refractivity contribution in [1.29, 1.82) is 0 Å². The van der Waals surface area contributed by atoms with E-state index in [9.17, 15) is 4.79 Å². The number of nitrogens with one attached hydrogen (secondary N) is 1. The predicted octanol–water partition coefficient (Wildman–Crippen LogP) is 2.86. The molecule has 2 heteroatoms. The quantitative estimate of drug-likeness (QED) is 0.715. The Morgan fingerprint density at radius 1 is 1.29 bits per heavy atom. The van der Waals surface area contributed by atoms with Gasteiger partial charge in [-0.15, -0.1) is 0 Å². The molecule has 0 aliphatic carbocycles. The summed E-state index contributed by atoms with van der Waals surface area (Å²) < 4.78 is 0. The van der Waals surface area contributed by atoms with Crippen LogP contribution in [-0.2, 0) is 10.2 Å². The van der Waals surface area contributed by atoms with Crippen LogP contribution in [0.3, 0.4) is 0 Å². The third kappa shape index (κ3) is 2.34. The molecule has 1 aromatic rings. The Balaban J connectivity index is 3.12. The molecule has 0 bridgehead atoms. The number of anilines is 1. The zero-order chi connectivity index (χ0) is 10.8. The molecule has 0 aliphatic rings. The summed E-state index contributed by atoms with van der Waals surface area (Å²) in [6.07, 6.45) is 0.717. The minimum absolute atomic E-state index is 0.118. The van der Waals surface area contributed by atoms with Crippen molar-refractivity contribution in [2.24, 2.45) is 0 Å². The topological polar surface area (TPSA) is 29.1 Å². The first-order chi connectivity index (χ1) is 6.45. The van der Waals surface area contributed by atoms with Gasteiger partial charge < -0.3 is 5.32 Å². The number of hydrogen-bond donors (Lipinski definition) is 1. The van der Waals surface area contributed by atoms with Crippen LogP contribution in [0.25, 0.3) is 0 Å². The van der Waals surface area contributed by atoms with Crippen molar-refractivity contribution in [3.8, 4) is 0 Å². The maximum Gasteiger partial charge on any atom is 0.211 e. The average Bonchev–Trinajstić information content (AvgIpc) is 2.07. The number of carbonyl (C=O) groups is 1. The van der Waals surface area contributed by atoms with Gasteiger partial charge in [-0.3, -0.25) is 4.79 Å². The van der Waals surface area contributed by atoms with Crippen LogP contribution in [0.15, 0.2) is 18.2 Å². The molecule has 0 fully saturated rings. The fourth-order valence-electron chi connectivity index (χ4n) is 1.31. The van der Waals surface area contributed by atoms with Gasteiger partial charge in [-0.1, -0.05) is 32.9 Å². The summed E-state index contributed by atoms with van der Waals surface area (Å²) in [4.78, 5) is 10.4. The molecule has 1 rings (SSSR count). The molecule has 0 aliphatic heterocycles. The van der Waals surface area contributed by atoms with Gasteiger partial charge >= 0.3 is 0 Å². The van der Waals surface area contributed by atoms with Gasteiger partial charge in [0.15, 0.2) is 0 Å². The summed E-state index contributed by atoms with van der Waals surface area (Å²) >= 11 is 0. The molecule has 1 N–H and O–H groups in total. The van der Waals surface area contributed by atoms with Gasteiger partial charge in [-0.2, -0.15) is 0 Å². The van der Waals surface area contributed by atoms with Crippen LogP contribution in [-0.4, -0.2) is 6.41 Å². The van der Waals surface area contributed by atoms with Crippen molar-refractivity contribution < 1.29 is 4.79 Å². The van der Waals surface area contributed by atoms with Crippen molar-refractivity contribution in [2.75, 3.05) is 5.32 Å². The lowest BCUT2D eigenvalue weighted by Crippen LogP contribution is -2.11. The van der Waals surface area contributed by atoms with Gasteiger partial charge in [0.1, 0.15) is 0 Å². The van der Waals surface area contributed by atoms with Gasteiger partial charge in [0.2, 0.25) is 6.41 Å². The van der Waals surface area contributed by atoms with Crippen LogP contribution < -0.4 is 5.32 Å². The second-order valence-electron chi connectivity index (χ2n) is 4.54. The molecule has 0 heterocycles. The number of aryl methyl sites for hydroxylation is 1. The van der Waals surface area contributed by atoms with E-state index in [0.29, 0.717) is 0 Å². The Bertz CT molecular complexity index is 337. The Morgan fingerprint density at radius 2 is 1.93 bits per heavy atom. The molecule has 2 nitrogen and oxygen atoms in total. The van der Waals surface area contributed by atoms with E-state index in [2.05, 4.69) is 32.2 Å². The minimum Gasteiger partial charge on any atom is -0.328 e. The summed E-state index contributed by atoms with van der Waals surface area (Å²) in [5.41, 5.74) is 3.33. The fourth-order valence-corrected chi connectivity index (χ4v) is 1.31. The normalized spacial score (nSPS) is 11.1. The molecule has 0 radical (unpaired) electrons. The van der Waals surface area contributed by atoms with Crippen molar-refractivity contribution in [3.63, 3.8) is 0 Å². The van der Waals surface area contributed by atoms with E-state index in [0.717, 1.165) is 17.7 Å². The Hall–Kier alpha value is -1.31. The highest BCUT2D eigenvalue weighted by Crippen LogP contribution is 2.26. The van der Waals surface area contributed by atoms with Gasteiger partial charge in [0, 0.05) is 5.69 Å². The smallest absolute Gasteiger partial charge is 0.211 e. The standard InChI is InChI=1S/C12H17NO/c1-9-5-6-10(12(2,3)4)7-11(9)13-8-14/h5-8H,1-4H3,(H,13,14). The average molecular weight is 191 g/mol. The van der Waals surface area contributed by atoms with Crippen LogP contribution in [0.1, 0.15) is 31.9 Å². The summed E-state index contributed by atoms with van der Waals surface area (Å²) in [7, 11) is 0. The van der Waals surface area contributed by atoms with Crippen LogP contribution in [0.2, 0.25) is 0 Å². The van der Waals surface area contributed by atoms with E-state index >= 15 is 0 Å². The van der Waals surface area contributed by atoms with Gasteiger partial charge in [0.05, 0.1) is 0 Å². The first-order valence-electron chi connectivity index (χ1n) is 4.76. The highest BCUT2D eigenvalue weighted by atomic mass is 16.1.